The number of fused-ring (bicyclic) bond motifs is 1. The van der Waals surface area contributed by atoms with E-state index in [1.54, 1.807) is 42.0 Å². The van der Waals surface area contributed by atoms with Gasteiger partial charge in [0, 0.05) is 38.9 Å². The van der Waals surface area contributed by atoms with Crippen molar-refractivity contribution in [3.63, 3.8) is 0 Å². The van der Waals surface area contributed by atoms with Gasteiger partial charge >= 0.3 is 0 Å². The molecule has 0 N–H and O–H groups in total. The Morgan fingerprint density at radius 3 is 2.42 bits per heavy atom. The fraction of sp³-hybridized carbons (Fsp3) is 0.273. The van der Waals surface area contributed by atoms with Gasteiger partial charge in [-0.3, -0.25) is 0 Å². The molecule has 0 radical (unpaired) electrons. The van der Waals surface area contributed by atoms with Gasteiger partial charge in [-0.2, -0.15) is 33.6 Å². The molecular weight excluding hydrogens is 440 g/mol. The summed E-state index contributed by atoms with van der Waals surface area (Å²) in [4.78, 5) is 3.83. The van der Waals surface area contributed by atoms with Gasteiger partial charge in [-0.1, -0.05) is 0 Å². The van der Waals surface area contributed by atoms with Gasteiger partial charge in [0.2, 0.25) is 0 Å². The van der Waals surface area contributed by atoms with E-state index in [9.17, 15) is 13.7 Å². The summed E-state index contributed by atoms with van der Waals surface area (Å²) >= 11 is 0. The van der Waals surface area contributed by atoms with Crippen LogP contribution >= 0.6 is 0 Å². The molecule has 1 aromatic carbocycles. The van der Waals surface area contributed by atoms with Crippen molar-refractivity contribution in [3.05, 3.63) is 59.4 Å². The first-order chi connectivity index (χ1) is 15.7. The smallest absolute Gasteiger partial charge is 0.280 e. The molecular formula is C22H24N8O2S. The van der Waals surface area contributed by atoms with Crippen molar-refractivity contribution in [3.8, 4) is 12.1 Å². The number of hydrogen-bond acceptors (Lipinski definition) is 8. The average Bonchev–Trinajstić information content (AvgIpc) is 3.22. The molecule has 3 rings (SSSR count). The van der Waals surface area contributed by atoms with E-state index in [0.29, 0.717) is 28.9 Å². The van der Waals surface area contributed by atoms with Crippen LogP contribution in [0.3, 0.4) is 0 Å². The SMILES string of the molecule is CN(C)CCN(C)c1ccc(C#N)cc1S(=O)(=O)N(C)/N=C/c1cnn2ccc(C#N)cc12. The van der Waals surface area contributed by atoms with E-state index in [-0.39, 0.29) is 10.5 Å². The number of hydrogen-bond donors (Lipinski definition) is 0. The lowest BCUT2D eigenvalue weighted by Crippen LogP contribution is -2.31. The van der Waals surface area contributed by atoms with Crippen LogP contribution in [0.1, 0.15) is 16.7 Å². The van der Waals surface area contributed by atoms with Crippen LogP contribution in [-0.2, 0) is 10.0 Å². The standard InChI is InChI=1S/C22H24N8O2S/c1-27(2)9-10-28(3)20-6-5-17(13-23)12-22(20)33(31,32)29(4)25-15-19-16-26-30-8-7-18(14-24)11-21(19)30/h5-8,11-12,15-16H,9-10H2,1-4H3/b25-15+. The number of sulfonamides is 1. The van der Waals surface area contributed by atoms with E-state index in [2.05, 4.69) is 16.3 Å². The number of anilines is 1. The quantitative estimate of drug-likeness (QED) is 0.368. The number of aromatic nitrogens is 2. The van der Waals surface area contributed by atoms with Gasteiger partial charge in [-0.15, -0.1) is 0 Å². The highest BCUT2D eigenvalue weighted by Gasteiger charge is 2.25. The zero-order valence-corrected chi connectivity index (χ0v) is 19.7. The molecule has 0 atom stereocenters. The molecule has 0 unspecified atom stereocenters. The number of hydrazone groups is 1. The molecule has 3 aromatic rings. The molecule has 170 valence electrons. The predicted octanol–water partition coefficient (Wildman–Crippen LogP) is 1.73. The second-order valence-electron chi connectivity index (χ2n) is 7.66. The van der Waals surface area contributed by atoms with Crippen LogP contribution in [0.4, 0.5) is 5.69 Å². The lowest BCUT2D eigenvalue weighted by molar-refractivity contribution is 0.416. The highest BCUT2D eigenvalue weighted by atomic mass is 32.2. The summed E-state index contributed by atoms with van der Waals surface area (Å²) in [5, 5.41) is 26.7. The number of likely N-dealkylation sites (N-methyl/N-ethyl adjacent to an activating group) is 2. The van der Waals surface area contributed by atoms with Gasteiger partial charge in [0.15, 0.2) is 0 Å². The highest BCUT2D eigenvalue weighted by Crippen LogP contribution is 2.28. The maximum atomic E-state index is 13.4. The normalized spacial score (nSPS) is 11.6. The lowest BCUT2D eigenvalue weighted by Gasteiger charge is -2.25. The van der Waals surface area contributed by atoms with Crippen LogP contribution in [-0.4, -0.2) is 74.8 Å². The number of nitrogens with zero attached hydrogens (tertiary/aromatic N) is 8. The van der Waals surface area contributed by atoms with Gasteiger partial charge in [0.05, 0.1) is 46.9 Å². The number of nitriles is 2. The Hall–Kier alpha value is -3.93. The summed E-state index contributed by atoms with van der Waals surface area (Å²) in [6.45, 7) is 1.32. The molecule has 0 spiro atoms. The highest BCUT2D eigenvalue weighted by molar-refractivity contribution is 7.89. The van der Waals surface area contributed by atoms with Crippen molar-refractivity contribution in [1.82, 2.24) is 18.9 Å². The molecule has 2 aromatic heterocycles. The van der Waals surface area contributed by atoms with Gasteiger partial charge in [0.25, 0.3) is 10.0 Å². The molecule has 11 heteroatoms. The van der Waals surface area contributed by atoms with Gasteiger partial charge in [0.1, 0.15) is 4.90 Å². The van der Waals surface area contributed by atoms with Crippen LogP contribution in [0.15, 0.2) is 52.7 Å². The van der Waals surface area contributed by atoms with Crippen molar-refractivity contribution < 1.29 is 8.42 Å². The minimum atomic E-state index is -4.06. The first-order valence-corrected chi connectivity index (χ1v) is 11.4. The van der Waals surface area contributed by atoms with Crippen LogP contribution in [0.5, 0.6) is 0 Å². The Bertz CT molecular complexity index is 1380. The topological polar surface area (TPSA) is 121 Å². The molecule has 0 aliphatic heterocycles. The molecule has 0 saturated carbocycles. The molecule has 0 saturated heterocycles. The molecule has 10 nitrogen and oxygen atoms in total. The summed E-state index contributed by atoms with van der Waals surface area (Å²) in [7, 11) is 2.96. The van der Waals surface area contributed by atoms with Gasteiger partial charge < -0.3 is 9.80 Å². The van der Waals surface area contributed by atoms with E-state index in [1.807, 2.05) is 30.0 Å². The predicted molar refractivity (Wildman–Crippen MR) is 125 cm³/mol. The van der Waals surface area contributed by atoms with Crippen LogP contribution in [0.2, 0.25) is 0 Å². The molecule has 33 heavy (non-hydrogen) atoms. The lowest BCUT2D eigenvalue weighted by atomic mass is 10.2. The molecule has 0 fully saturated rings. The summed E-state index contributed by atoms with van der Waals surface area (Å²) in [6, 6.07) is 11.9. The number of pyridine rings is 1. The monoisotopic (exact) mass is 464 g/mol. The zero-order chi connectivity index (χ0) is 24.2. The van der Waals surface area contributed by atoms with E-state index < -0.39 is 10.0 Å². The molecule has 0 aliphatic carbocycles. The summed E-state index contributed by atoms with van der Waals surface area (Å²) < 4.78 is 29.2. The molecule has 2 heterocycles. The van der Waals surface area contributed by atoms with Crippen molar-refractivity contribution >= 4 is 27.4 Å². The number of rotatable bonds is 8. The van der Waals surface area contributed by atoms with Crippen molar-refractivity contribution in [2.45, 2.75) is 4.90 Å². The van der Waals surface area contributed by atoms with E-state index in [1.165, 1.54) is 25.5 Å². The summed E-state index contributed by atoms with van der Waals surface area (Å²) in [6.07, 6.45) is 4.57. The Morgan fingerprint density at radius 2 is 1.76 bits per heavy atom. The van der Waals surface area contributed by atoms with E-state index >= 15 is 0 Å². The maximum absolute atomic E-state index is 13.4. The Balaban J connectivity index is 1.96. The van der Waals surface area contributed by atoms with E-state index in [0.717, 1.165) is 11.0 Å². The molecule has 0 amide bonds. The van der Waals surface area contributed by atoms with Crippen molar-refractivity contribution in [2.24, 2.45) is 5.10 Å². The fourth-order valence-corrected chi connectivity index (χ4v) is 4.31. The first kappa shape index (κ1) is 23.7. The average molecular weight is 465 g/mol. The second kappa shape index (κ2) is 9.69. The Labute approximate surface area is 193 Å². The second-order valence-corrected chi connectivity index (χ2v) is 9.58. The third kappa shape index (κ3) is 5.12. The zero-order valence-electron chi connectivity index (χ0n) is 18.8. The maximum Gasteiger partial charge on any atom is 0.280 e. The molecule has 0 aliphatic rings. The van der Waals surface area contributed by atoms with Crippen molar-refractivity contribution in [2.75, 3.05) is 46.2 Å². The molecule has 0 bridgehead atoms. The Morgan fingerprint density at radius 1 is 1.06 bits per heavy atom. The minimum absolute atomic E-state index is 0.00547. The first-order valence-electron chi connectivity index (χ1n) is 9.98. The summed E-state index contributed by atoms with van der Waals surface area (Å²) in [5.41, 5.74) is 2.36. The van der Waals surface area contributed by atoms with E-state index in [4.69, 9.17) is 5.26 Å². The van der Waals surface area contributed by atoms with Crippen LogP contribution < -0.4 is 4.90 Å². The van der Waals surface area contributed by atoms with Crippen LogP contribution in [0, 0.1) is 22.7 Å². The number of benzene rings is 1. The van der Waals surface area contributed by atoms with Crippen LogP contribution in [0.25, 0.3) is 5.52 Å². The fourth-order valence-electron chi connectivity index (χ4n) is 3.09. The van der Waals surface area contributed by atoms with Crippen molar-refractivity contribution in [1.29, 1.82) is 10.5 Å². The van der Waals surface area contributed by atoms with Gasteiger partial charge in [-0.25, -0.2) is 4.52 Å². The van der Waals surface area contributed by atoms with Gasteiger partial charge in [-0.05, 0) is 44.4 Å². The largest absolute Gasteiger partial charge is 0.372 e. The Kier molecular flexibility index (Phi) is 6.97. The third-order valence-electron chi connectivity index (χ3n) is 5.05. The minimum Gasteiger partial charge on any atom is -0.372 e. The third-order valence-corrected chi connectivity index (χ3v) is 6.72. The summed E-state index contributed by atoms with van der Waals surface area (Å²) in [5.74, 6) is 0.